The van der Waals surface area contributed by atoms with Crippen LogP contribution in [0.5, 0.6) is 0 Å². The molecule has 0 aliphatic heterocycles. The van der Waals surface area contributed by atoms with Crippen molar-refractivity contribution in [2.75, 3.05) is 0 Å². The second-order valence-corrected chi connectivity index (χ2v) is 5.21. The van der Waals surface area contributed by atoms with Crippen molar-refractivity contribution in [1.29, 1.82) is 0 Å². The Bertz CT molecular complexity index is 488. The van der Waals surface area contributed by atoms with E-state index in [4.69, 9.17) is 6.42 Å². The van der Waals surface area contributed by atoms with Crippen LogP contribution in [0.3, 0.4) is 0 Å². The van der Waals surface area contributed by atoms with Gasteiger partial charge in [0.1, 0.15) is 0 Å². The van der Waals surface area contributed by atoms with Crippen LogP contribution < -0.4 is 0 Å². The summed E-state index contributed by atoms with van der Waals surface area (Å²) in [6.45, 7) is 0. The van der Waals surface area contributed by atoms with Crippen LogP contribution in [0.25, 0.3) is 0 Å². The number of rotatable bonds is 2. The van der Waals surface area contributed by atoms with E-state index < -0.39 is 10.2 Å². The van der Waals surface area contributed by atoms with E-state index in [9.17, 15) is 12.3 Å². The molecule has 0 aliphatic carbocycles. The average molecular weight is 324 g/mol. The van der Waals surface area contributed by atoms with Gasteiger partial charge in [0.15, 0.2) is 0 Å². The molecule has 0 bridgehead atoms. The van der Waals surface area contributed by atoms with Crippen LogP contribution in [0.15, 0.2) is 23.1 Å². The summed E-state index contributed by atoms with van der Waals surface area (Å²) in [6, 6.07) is 4.22. The van der Waals surface area contributed by atoms with Crippen molar-refractivity contribution in [3.63, 3.8) is 0 Å². The number of hydrogen-bond acceptors (Lipinski definition) is 2. The first-order chi connectivity index (χ1) is 6.43. The Hall–Kier alpha value is -0.610. The summed E-state index contributed by atoms with van der Waals surface area (Å²) in [7, 11) is -4.64. The molecule has 1 aromatic rings. The summed E-state index contributed by atoms with van der Waals surface area (Å²) in [6.07, 6.45) is 5.37. The molecule has 0 amide bonds. The smallest absolute Gasteiger partial charge is 0.189 e. The Kier molecular flexibility index (Phi) is 3.50. The largest absolute Gasteiger partial charge is 0.332 e. The topological polar surface area (TPSA) is 34.1 Å². The number of terminal acetylenes is 1. The first kappa shape index (κ1) is 11.5. The number of benzene rings is 1. The number of hydrogen-bond donors (Lipinski definition) is 0. The van der Waals surface area contributed by atoms with Crippen molar-refractivity contribution < 1.29 is 12.3 Å². The summed E-state index contributed by atoms with van der Waals surface area (Å²) >= 11 is 1.91. The van der Waals surface area contributed by atoms with Gasteiger partial charge in [-0.05, 0) is 46.4 Å². The molecular weight excluding hydrogens is 318 g/mol. The molecule has 2 nitrogen and oxygen atoms in total. The fourth-order valence-electron chi connectivity index (χ4n) is 0.981. The molecule has 14 heavy (non-hydrogen) atoms. The fraction of sp³-hybridized carbons (Fsp3) is 0.111. The van der Waals surface area contributed by atoms with E-state index in [0.29, 0.717) is 15.6 Å². The lowest BCUT2D eigenvalue weighted by Gasteiger charge is -2.00. The van der Waals surface area contributed by atoms with Crippen LogP contribution in [0.4, 0.5) is 3.89 Å². The predicted octanol–water partition coefficient (Wildman–Crippen LogP) is 2.13. The van der Waals surface area contributed by atoms with Crippen LogP contribution in [0.1, 0.15) is 5.56 Å². The minimum atomic E-state index is -4.64. The van der Waals surface area contributed by atoms with E-state index in [1.807, 2.05) is 22.6 Å². The van der Waals surface area contributed by atoms with Crippen molar-refractivity contribution in [3.05, 3.63) is 27.3 Å². The van der Waals surface area contributed by atoms with Gasteiger partial charge in [-0.25, -0.2) is 0 Å². The molecule has 1 aromatic carbocycles. The fourth-order valence-corrected chi connectivity index (χ4v) is 2.49. The summed E-state index contributed by atoms with van der Waals surface area (Å²) < 4.78 is 34.5. The molecule has 0 saturated carbocycles. The lowest BCUT2D eigenvalue weighted by molar-refractivity contribution is 0.552. The highest BCUT2D eigenvalue weighted by Crippen LogP contribution is 2.18. The van der Waals surface area contributed by atoms with Crippen molar-refractivity contribution in [2.45, 2.75) is 11.3 Å². The van der Waals surface area contributed by atoms with Gasteiger partial charge in [0, 0.05) is 9.99 Å². The van der Waals surface area contributed by atoms with E-state index in [2.05, 4.69) is 5.92 Å². The van der Waals surface area contributed by atoms with Crippen LogP contribution in [-0.2, 0) is 16.6 Å². The molecule has 0 heterocycles. The Labute approximate surface area is 95.9 Å². The van der Waals surface area contributed by atoms with Gasteiger partial charge in [0.2, 0.25) is 0 Å². The second-order valence-electron chi connectivity index (χ2n) is 2.61. The molecule has 0 saturated heterocycles. The van der Waals surface area contributed by atoms with Gasteiger partial charge in [-0.1, -0.05) is 0 Å². The molecule has 5 heteroatoms. The zero-order chi connectivity index (χ0) is 10.8. The SMILES string of the molecule is C#CCc1cc(I)cc(S(=O)(=O)F)c1. The van der Waals surface area contributed by atoms with E-state index in [1.54, 1.807) is 6.07 Å². The highest BCUT2D eigenvalue weighted by atomic mass is 127. The highest BCUT2D eigenvalue weighted by molar-refractivity contribution is 14.1. The first-order valence-corrected chi connectivity index (χ1v) is 6.07. The van der Waals surface area contributed by atoms with E-state index >= 15 is 0 Å². The third-order valence-corrected chi connectivity index (χ3v) is 2.94. The monoisotopic (exact) mass is 324 g/mol. The van der Waals surface area contributed by atoms with Gasteiger partial charge >= 0.3 is 10.2 Å². The second kappa shape index (κ2) is 4.28. The highest BCUT2D eigenvalue weighted by Gasteiger charge is 2.13. The van der Waals surface area contributed by atoms with Crippen LogP contribution in [0, 0.1) is 15.9 Å². The van der Waals surface area contributed by atoms with Gasteiger partial charge in [-0.15, -0.1) is 16.2 Å². The van der Waals surface area contributed by atoms with Gasteiger partial charge in [-0.2, -0.15) is 8.42 Å². The third kappa shape index (κ3) is 2.96. The Balaban J connectivity index is 3.29. The molecule has 0 radical (unpaired) electrons. The van der Waals surface area contributed by atoms with E-state index in [1.165, 1.54) is 12.1 Å². The van der Waals surface area contributed by atoms with Gasteiger partial charge < -0.3 is 0 Å². The molecule has 0 N–H and O–H groups in total. The lowest BCUT2D eigenvalue weighted by Crippen LogP contribution is -1.95. The molecule has 0 spiro atoms. The zero-order valence-electron chi connectivity index (χ0n) is 7.00. The Morgan fingerprint density at radius 1 is 1.43 bits per heavy atom. The Morgan fingerprint density at radius 3 is 2.57 bits per heavy atom. The molecule has 74 valence electrons. The first-order valence-electron chi connectivity index (χ1n) is 3.61. The molecular formula is C9H6FIO2S. The van der Waals surface area contributed by atoms with Crippen molar-refractivity contribution in [3.8, 4) is 12.3 Å². The molecule has 0 atom stereocenters. The average Bonchev–Trinajstić information content (AvgIpc) is 2.02. The summed E-state index contributed by atoms with van der Waals surface area (Å²) in [5, 5.41) is 0. The predicted molar refractivity (Wildman–Crippen MR) is 60.0 cm³/mol. The third-order valence-electron chi connectivity index (χ3n) is 1.52. The molecule has 0 aromatic heterocycles. The summed E-state index contributed by atoms with van der Waals surface area (Å²) in [5.41, 5.74) is 0.621. The molecule has 0 aliphatic rings. The maximum atomic E-state index is 12.6. The standard InChI is InChI=1S/C9H6FIO2S/c1-2-3-7-4-8(11)6-9(5-7)14(10,12)13/h1,4-6H,3H2. The molecule has 1 rings (SSSR count). The zero-order valence-corrected chi connectivity index (χ0v) is 9.97. The maximum Gasteiger partial charge on any atom is 0.332 e. The quantitative estimate of drug-likeness (QED) is 0.474. The Morgan fingerprint density at radius 2 is 2.07 bits per heavy atom. The van der Waals surface area contributed by atoms with Crippen molar-refractivity contribution >= 4 is 32.8 Å². The molecule has 0 fully saturated rings. The van der Waals surface area contributed by atoms with Gasteiger partial charge in [-0.3, -0.25) is 0 Å². The maximum absolute atomic E-state index is 12.6. The van der Waals surface area contributed by atoms with Crippen LogP contribution in [-0.4, -0.2) is 8.42 Å². The normalized spacial score (nSPS) is 10.9. The van der Waals surface area contributed by atoms with E-state index in [-0.39, 0.29) is 4.90 Å². The lowest BCUT2D eigenvalue weighted by atomic mass is 10.2. The van der Waals surface area contributed by atoms with Crippen molar-refractivity contribution in [1.82, 2.24) is 0 Å². The number of halogens is 2. The minimum absolute atomic E-state index is 0.291. The minimum Gasteiger partial charge on any atom is -0.189 e. The summed E-state index contributed by atoms with van der Waals surface area (Å²) in [4.78, 5) is -0.338. The molecule has 0 unspecified atom stereocenters. The van der Waals surface area contributed by atoms with E-state index in [0.717, 1.165) is 0 Å². The van der Waals surface area contributed by atoms with Gasteiger partial charge in [0.05, 0.1) is 4.90 Å². The van der Waals surface area contributed by atoms with Crippen molar-refractivity contribution in [2.24, 2.45) is 0 Å². The van der Waals surface area contributed by atoms with Gasteiger partial charge in [0.25, 0.3) is 0 Å². The van der Waals surface area contributed by atoms with Crippen LogP contribution in [0.2, 0.25) is 0 Å². The summed E-state index contributed by atoms with van der Waals surface area (Å²) in [5.74, 6) is 2.37. The van der Waals surface area contributed by atoms with Crippen LogP contribution >= 0.6 is 22.6 Å².